The van der Waals surface area contributed by atoms with Crippen LogP contribution in [0.2, 0.25) is 0 Å². The average molecular weight is 291 g/mol. The Morgan fingerprint density at radius 2 is 1.68 bits per heavy atom. The van der Waals surface area contributed by atoms with Gasteiger partial charge in [-0.3, -0.25) is 0 Å². The molecule has 0 amide bonds. The van der Waals surface area contributed by atoms with E-state index in [0.717, 1.165) is 5.56 Å². The summed E-state index contributed by atoms with van der Waals surface area (Å²) in [5.74, 6) is 0.0394. The Labute approximate surface area is 117 Å². The summed E-state index contributed by atoms with van der Waals surface area (Å²) in [6.07, 6.45) is 0. The summed E-state index contributed by atoms with van der Waals surface area (Å²) in [5, 5.41) is 3.14. The van der Waals surface area contributed by atoms with Crippen LogP contribution in [0.15, 0.2) is 12.1 Å². The molecule has 0 saturated heterocycles. The van der Waals surface area contributed by atoms with E-state index in [2.05, 4.69) is 24.4 Å². The van der Waals surface area contributed by atoms with Crippen LogP contribution in [0.25, 0.3) is 0 Å². The smallest absolute Gasteiger partial charge is 0.309 e. The van der Waals surface area contributed by atoms with Gasteiger partial charge in [0.15, 0.2) is 0 Å². The third kappa shape index (κ3) is 5.45. The van der Waals surface area contributed by atoms with Gasteiger partial charge in [0.2, 0.25) is 0 Å². The topological polar surface area (TPSA) is 12.0 Å². The summed E-state index contributed by atoms with van der Waals surface area (Å²) in [6, 6.07) is 4.29. The van der Waals surface area contributed by atoms with Crippen LogP contribution in [0.5, 0.6) is 0 Å². The predicted octanol–water partition coefficient (Wildman–Crippen LogP) is 4.52. The molecule has 0 aliphatic carbocycles. The summed E-state index contributed by atoms with van der Waals surface area (Å²) < 4.78 is 36.0. The van der Waals surface area contributed by atoms with Crippen molar-refractivity contribution in [3.05, 3.63) is 34.4 Å². The SMILES string of the molecule is Cc1cc(C)c(C(C)NCCSC(F)(F)F)cc1C. The average Bonchev–Trinajstić information content (AvgIpc) is 2.28. The first-order chi connectivity index (χ1) is 8.70. The van der Waals surface area contributed by atoms with Crippen LogP contribution >= 0.6 is 11.8 Å². The van der Waals surface area contributed by atoms with E-state index >= 15 is 0 Å². The van der Waals surface area contributed by atoms with E-state index in [4.69, 9.17) is 0 Å². The number of rotatable bonds is 5. The first-order valence-corrected chi connectivity index (χ1v) is 7.21. The molecule has 5 heteroatoms. The number of alkyl halides is 3. The first-order valence-electron chi connectivity index (χ1n) is 6.22. The molecule has 0 aliphatic rings. The lowest BCUT2D eigenvalue weighted by atomic mass is 9.96. The third-order valence-corrected chi connectivity index (χ3v) is 3.90. The maximum Gasteiger partial charge on any atom is 0.441 e. The van der Waals surface area contributed by atoms with Crippen LogP contribution in [-0.2, 0) is 0 Å². The van der Waals surface area contributed by atoms with E-state index in [0.29, 0.717) is 6.54 Å². The number of aryl methyl sites for hydroxylation is 3. The zero-order valence-corrected chi connectivity index (χ0v) is 12.5. The number of benzene rings is 1. The van der Waals surface area contributed by atoms with Gasteiger partial charge >= 0.3 is 5.51 Å². The maximum absolute atomic E-state index is 12.0. The predicted molar refractivity (Wildman–Crippen MR) is 75.6 cm³/mol. The number of hydrogen-bond acceptors (Lipinski definition) is 2. The molecule has 1 atom stereocenters. The first kappa shape index (κ1) is 16.4. The van der Waals surface area contributed by atoms with Crippen LogP contribution in [0.1, 0.15) is 35.2 Å². The molecule has 108 valence electrons. The molecule has 0 aromatic heterocycles. The fourth-order valence-corrected chi connectivity index (χ4v) is 2.45. The molecule has 0 spiro atoms. The van der Waals surface area contributed by atoms with Crippen molar-refractivity contribution >= 4 is 11.8 Å². The number of hydrogen-bond donors (Lipinski definition) is 1. The van der Waals surface area contributed by atoms with Gasteiger partial charge in [-0.2, -0.15) is 13.2 Å². The van der Waals surface area contributed by atoms with Gasteiger partial charge in [-0.25, -0.2) is 0 Å². The molecule has 1 nitrogen and oxygen atoms in total. The van der Waals surface area contributed by atoms with Gasteiger partial charge in [0.25, 0.3) is 0 Å². The van der Waals surface area contributed by atoms with Crippen molar-refractivity contribution in [1.29, 1.82) is 0 Å². The Bertz CT molecular complexity index is 429. The maximum atomic E-state index is 12.0. The van der Waals surface area contributed by atoms with Crippen LogP contribution in [0.4, 0.5) is 13.2 Å². The van der Waals surface area contributed by atoms with Gasteiger partial charge in [0.05, 0.1) is 0 Å². The van der Waals surface area contributed by atoms with Crippen molar-refractivity contribution in [3.8, 4) is 0 Å². The van der Waals surface area contributed by atoms with Crippen molar-refractivity contribution in [2.75, 3.05) is 12.3 Å². The Morgan fingerprint density at radius 1 is 1.11 bits per heavy atom. The van der Waals surface area contributed by atoms with Gasteiger partial charge in [0, 0.05) is 18.3 Å². The molecule has 0 saturated carbocycles. The zero-order chi connectivity index (χ0) is 14.6. The van der Waals surface area contributed by atoms with Gasteiger partial charge in [-0.1, -0.05) is 12.1 Å². The normalized spacial score (nSPS) is 13.6. The van der Waals surface area contributed by atoms with E-state index in [-0.39, 0.29) is 23.6 Å². The highest BCUT2D eigenvalue weighted by Gasteiger charge is 2.27. The molecule has 1 aromatic carbocycles. The second-order valence-electron chi connectivity index (χ2n) is 4.76. The fraction of sp³-hybridized carbons (Fsp3) is 0.571. The van der Waals surface area contributed by atoms with Crippen LogP contribution in [0.3, 0.4) is 0 Å². The Kier molecular flexibility index (Phi) is 5.74. The van der Waals surface area contributed by atoms with Crippen molar-refractivity contribution in [1.82, 2.24) is 5.32 Å². The minimum atomic E-state index is -4.14. The Morgan fingerprint density at radius 3 is 2.26 bits per heavy atom. The molecule has 19 heavy (non-hydrogen) atoms. The lowest BCUT2D eigenvalue weighted by molar-refractivity contribution is -0.0327. The molecule has 0 aliphatic heterocycles. The van der Waals surface area contributed by atoms with E-state index in [1.807, 2.05) is 20.8 Å². The zero-order valence-electron chi connectivity index (χ0n) is 11.7. The fourth-order valence-electron chi connectivity index (χ4n) is 2.00. The second-order valence-corrected chi connectivity index (χ2v) is 5.92. The summed E-state index contributed by atoms with van der Waals surface area (Å²) in [5.41, 5.74) is 0.632. The minimum absolute atomic E-state index is 0.0180. The molecule has 0 fully saturated rings. The third-order valence-electron chi connectivity index (χ3n) is 3.17. The molecule has 1 rings (SSSR count). The summed E-state index contributed by atoms with van der Waals surface area (Å²) in [7, 11) is 0. The van der Waals surface area contributed by atoms with Crippen LogP contribution in [-0.4, -0.2) is 17.8 Å². The van der Waals surface area contributed by atoms with Gasteiger partial charge < -0.3 is 5.32 Å². The highest BCUT2D eigenvalue weighted by atomic mass is 32.2. The molecular formula is C14H20F3NS. The Balaban J connectivity index is 2.54. The molecule has 0 bridgehead atoms. The summed E-state index contributed by atoms with van der Waals surface area (Å²) >= 11 is 0.0180. The lowest BCUT2D eigenvalue weighted by Crippen LogP contribution is -2.23. The number of halogens is 3. The number of nitrogens with one attached hydrogen (secondary N) is 1. The monoisotopic (exact) mass is 291 g/mol. The second kappa shape index (κ2) is 6.66. The van der Waals surface area contributed by atoms with Crippen molar-refractivity contribution in [3.63, 3.8) is 0 Å². The summed E-state index contributed by atoms with van der Waals surface area (Å²) in [6.45, 7) is 8.46. The Hall–Kier alpha value is -0.680. The molecule has 0 radical (unpaired) electrons. The van der Waals surface area contributed by atoms with Crippen molar-refractivity contribution in [2.45, 2.75) is 39.2 Å². The molecular weight excluding hydrogens is 271 g/mol. The van der Waals surface area contributed by atoms with E-state index < -0.39 is 5.51 Å². The van der Waals surface area contributed by atoms with Gasteiger partial charge in [-0.15, -0.1) is 0 Å². The molecule has 1 N–H and O–H groups in total. The lowest BCUT2D eigenvalue weighted by Gasteiger charge is -2.18. The highest BCUT2D eigenvalue weighted by molar-refractivity contribution is 8.00. The quantitative estimate of drug-likeness (QED) is 0.801. The summed E-state index contributed by atoms with van der Waals surface area (Å²) in [4.78, 5) is 0. The molecule has 1 aromatic rings. The largest absolute Gasteiger partial charge is 0.441 e. The minimum Gasteiger partial charge on any atom is -0.309 e. The molecule has 1 unspecified atom stereocenters. The van der Waals surface area contributed by atoms with Crippen LogP contribution in [0, 0.1) is 20.8 Å². The van der Waals surface area contributed by atoms with Crippen LogP contribution < -0.4 is 5.32 Å². The van der Waals surface area contributed by atoms with E-state index in [1.165, 1.54) is 16.7 Å². The number of thioether (sulfide) groups is 1. The van der Waals surface area contributed by atoms with Gasteiger partial charge in [0.1, 0.15) is 0 Å². The van der Waals surface area contributed by atoms with Crippen molar-refractivity contribution < 1.29 is 13.2 Å². The molecule has 0 heterocycles. The van der Waals surface area contributed by atoms with E-state index in [9.17, 15) is 13.2 Å². The highest BCUT2D eigenvalue weighted by Crippen LogP contribution is 2.29. The standard InChI is InChI=1S/C14H20F3NS/c1-9-7-11(3)13(8-10(9)2)12(4)18-5-6-19-14(15,16)17/h7-8,12,18H,5-6H2,1-4H3. The van der Waals surface area contributed by atoms with E-state index in [1.54, 1.807) is 0 Å². The van der Waals surface area contributed by atoms with Crippen molar-refractivity contribution in [2.24, 2.45) is 0 Å². The van der Waals surface area contributed by atoms with Gasteiger partial charge in [-0.05, 0) is 61.7 Å².